The Balaban J connectivity index is 1.21. The predicted octanol–water partition coefficient (Wildman–Crippen LogP) is 4.99. The number of pyridine rings is 1. The van der Waals surface area contributed by atoms with Crippen LogP contribution in [0.4, 0.5) is 5.69 Å². The van der Waals surface area contributed by atoms with E-state index in [-0.39, 0.29) is 23.7 Å². The third-order valence-electron chi connectivity index (χ3n) is 8.68. The quantitative estimate of drug-likeness (QED) is 0.228. The fourth-order valence-corrected chi connectivity index (χ4v) is 6.71. The van der Waals surface area contributed by atoms with Gasteiger partial charge in [-0.25, -0.2) is 4.98 Å². The minimum atomic E-state index is -0.411. The van der Waals surface area contributed by atoms with E-state index in [9.17, 15) is 14.4 Å². The zero-order chi connectivity index (χ0) is 33.2. The van der Waals surface area contributed by atoms with Gasteiger partial charge in [0.15, 0.2) is 5.82 Å². The van der Waals surface area contributed by atoms with Crippen LogP contribution in [0, 0.1) is 0 Å². The van der Waals surface area contributed by atoms with Crippen molar-refractivity contribution >= 4 is 46.6 Å². The number of ether oxygens (including phenoxy) is 1. The highest BCUT2D eigenvalue weighted by atomic mass is 35.5. The largest absolute Gasteiger partial charge is 0.496 e. The maximum atomic E-state index is 13.4. The van der Waals surface area contributed by atoms with E-state index in [0.29, 0.717) is 77.3 Å². The highest BCUT2D eigenvalue weighted by Gasteiger charge is 2.27. The summed E-state index contributed by atoms with van der Waals surface area (Å²) in [5, 5.41) is 9.98. The van der Waals surface area contributed by atoms with Gasteiger partial charge in [0.25, 0.3) is 5.91 Å². The average Bonchev–Trinajstić information content (AvgIpc) is 3.64. The number of nitrogens with one attached hydrogen (secondary N) is 3. The van der Waals surface area contributed by atoms with Gasteiger partial charge in [0.05, 0.1) is 40.8 Å². The summed E-state index contributed by atoms with van der Waals surface area (Å²) in [6.07, 6.45) is 3.68. The number of fused-ring (bicyclic) bond motifs is 1. The lowest BCUT2D eigenvalue weighted by Crippen LogP contribution is -2.35. The monoisotopic (exact) mass is 675 g/mol. The summed E-state index contributed by atoms with van der Waals surface area (Å²) < 4.78 is 7.47. The average molecular weight is 677 g/mol. The van der Waals surface area contributed by atoms with Crippen LogP contribution in [0.3, 0.4) is 0 Å². The molecule has 0 bridgehead atoms. The number of hydrogen-bond acceptors (Lipinski definition) is 7. The number of imidazole rings is 1. The Bertz CT molecular complexity index is 1880. The van der Waals surface area contributed by atoms with Crippen LogP contribution < -0.4 is 20.7 Å². The van der Waals surface area contributed by atoms with Gasteiger partial charge in [-0.05, 0) is 24.6 Å². The van der Waals surface area contributed by atoms with Crippen LogP contribution in [0.25, 0.3) is 22.4 Å². The first-order valence-electron chi connectivity index (χ1n) is 15.4. The van der Waals surface area contributed by atoms with Crippen LogP contribution >= 0.6 is 23.2 Å². The van der Waals surface area contributed by atoms with Crippen LogP contribution in [0.1, 0.15) is 47.3 Å². The molecule has 3 N–H and O–H groups in total. The summed E-state index contributed by atoms with van der Waals surface area (Å²) in [5.74, 6) is 0.581. The van der Waals surface area contributed by atoms with E-state index < -0.39 is 5.91 Å². The van der Waals surface area contributed by atoms with Crippen LogP contribution in [0.5, 0.6) is 5.75 Å². The van der Waals surface area contributed by atoms with Gasteiger partial charge in [-0.15, -0.1) is 0 Å². The molecule has 244 valence electrons. The molecule has 1 fully saturated rings. The predicted molar refractivity (Wildman–Crippen MR) is 181 cm³/mol. The molecule has 0 saturated carbocycles. The minimum Gasteiger partial charge on any atom is -0.496 e. The SMILES string of the molecule is COc1cc(-c2nccc(-c3cccc(NC(=O)c4nc5c(n4C)CCN(C(C)=O)C5)c3Cl)c2Cl)ccc1CNC[C@@H]1CCC(=O)N1. The summed E-state index contributed by atoms with van der Waals surface area (Å²) in [4.78, 5) is 47.6. The lowest BCUT2D eigenvalue weighted by molar-refractivity contribution is -0.129. The molecule has 2 aliphatic heterocycles. The van der Waals surface area contributed by atoms with E-state index in [0.717, 1.165) is 28.9 Å². The number of amides is 3. The van der Waals surface area contributed by atoms with Crippen molar-refractivity contribution in [1.82, 2.24) is 30.1 Å². The first-order chi connectivity index (χ1) is 22.6. The van der Waals surface area contributed by atoms with Gasteiger partial charge in [0, 0.05) is 86.6 Å². The molecule has 4 heterocycles. The molecule has 13 heteroatoms. The molecule has 47 heavy (non-hydrogen) atoms. The van der Waals surface area contributed by atoms with Crippen LogP contribution in [0.2, 0.25) is 10.0 Å². The van der Waals surface area contributed by atoms with Crippen molar-refractivity contribution in [3.63, 3.8) is 0 Å². The summed E-state index contributed by atoms with van der Waals surface area (Å²) in [7, 11) is 3.42. The number of carbonyl (C=O) groups is 3. The molecular weight excluding hydrogens is 641 g/mol. The van der Waals surface area contributed by atoms with Crippen molar-refractivity contribution in [2.75, 3.05) is 25.5 Å². The Morgan fingerprint density at radius 1 is 1.11 bits per heavy atom. The Kier molecular flexibility index (Phi) is 9.49. The van der Waals surface area contributed by atoms with Crippen molar-refractivity contribution in [1.29, 1.82) is 0 Å². The highest BCUT2D eigenvalue weighted by Crippen LogP contribution is 2.41. The maximum Gasteiger partial charge on any atom is 0.291 e. The third kappa shape index (κ3) is 6.69. The molecule has 6 rings (SSSR count). The van der Waals surface area contributed by atoms with E-state index in [4.69, 9.17) is 27.9 Å². The molecular formula is C34H35Cl2N7O4. The van der Waals surface area contributed by atoms with Crippen LogP contribution in [-0.2, 0) is 36.1 Å². The Morgan fingerprint density at radius 2 is 1.91 bits per heavy atom. The van der Waals surface area contributed by atoms with Crippen LogP contribution in [-0.4, -0.2) is 63.4 Å². The highest BCUT2D eigenvalue weighted by molar-refractivity contribution is 6.39. The second-order valence-corrected chi connectivity index (χ2v) is 12.4. The van der Waals surface area contributed by atoms with E-state index in [2.05, 4.69) is 25.9 Å². The van der Waals surface area contributed by atoms with Gasteiger partial charge in [-0.1, -0.05) is 47.5 Å². The van der Waals surface area contributed by atoms with E-state index >= 15 is 0 Å². The Morgan fingerprint density at radius 3 is 2.66 bits per heavy atom. The first-order valence-corrected chi connectivity index (χ1v) is 16.1. The molecule has 0 aliphatic carbocycles. The van der Waals surface area contributed by atoms with E-state index in [1.807, 2.05) is 24.3 Å². The van der Waals surface area contributed by atoms with Crippen molar-refractivity contribution < 1.29 is 19.1 Å². The summed E-state index contributed by atoms with van der Waals surface area (Å²) >= 11 is 13.9. The van der Waals surface area contributed by atoms with Crippen molar-refractivity contribution in [2.45, 2.75) is 45.3 Å². The number of methoxy groups -OCH3 is 1. The molecule has 4 aromatic rings. The number of nitrogens with zero attached hydrogens (tertiary/aromatic N) is 4. The summed E-state index contributed by atoms with van der Waals surface area (Å²) in [6.45, 7) is 3.74. The molecule has 2 aromatic heterocycles. The van der Waals surface area contributed by atoms with Gasteiger partial charge in [0.2, 0.25) is 11.8 Å². The summed E-state index contributed by atoms with van der Waals surface area (Å²) in [6, 6.07) is 13.1. The fourth-order valence-electron chi connectivity index (χ4n) is 6.12. The number of benzene rings is 2. The van der Waals surface area contributed by atoms with Gasteiger partial charge in [-0.2, -0.15) is 0 Å². The molecule has 1 atom stereocenters. The van der Waals surface area contributed by atoms with E-state index in [1.165, 1.54) is 6.92 Å². The van der Waals surface area contributed by atoms with E-state index in [1.54, 1.807) is 48.0 Å². The molecule has 0 unspecified atom stereocenters. The smallest absolute Gasteiger partial charge is 0.291 e. The minimum absolute atomic E-state index is 0.0227. The number of rotatable bonds is 9. The zero-order valence-electron chi connectivity index (χ0n) is 26.3. The fraction of sp³-hybridized carbons (Fsp3) is 0.324. The molecule has 2 aromatic carbocycles. The molecule has 2 aliphatic rings. The van der Waals surface area contributed by atoms with Crippen molar-refractivity contribution in [3.05, 3.63) is 81.5 Å². The van der Waals surface area contributed by atoms with Gasteiger partial charge >= 0.3 is 0 Å². The third-order valence-corrected chi connectivity index (χ3v) is 9.47. The van der Waals surface area contributed by atoms with Crippen LogP contribution in [0.15, 0.2) is 48.7 Å². The van der Waals surface area contributed by atoms with Gasteiger partial charge < -0.3 is 30.2 Å². The topological polar surface area (TPSA) is 130 Å². The molecule has 11 nitrogen and oxygen atoms in total. The first kappa shape index (κ1) is 32.5. The number of halogens is 2. The Hall–Kier alpha value is -4.45. The van der Waals surface area contributed by atoms with Gasteiger partial charge in [-0.3, -0.25) is 19.4 Å². The second-order valence-electron chi connectivity index (χ2n) is 11.7. The number of carbonyl (C=O) groups excluding carboxylic acids is 3. The van der Waals surface area contributed by atoms with Crippen molar-refractivity contribution in [3.8, 4) is 28.1 Å². The van der Waals surface area contributed by atoms with Crippen molar-refractivity contribution in [2.24, 2.45) is 7.05 Å². The number of hydrogen-bond donors (Lipinski definition) is 3. The maximum absolute atomic E-state index is 13.4. The number of aromatic nitrogens is 3. The number of anilines is 1. The lowest BCUT2D eigenvalue weighted by Gasteiger charge is -2.25. The summed E-state index contributed by atoms with van der Waals surface area (Å²) in [5.41, 5.74) is 5.62. The zero-order valence-corrected chi connectivity index (χ0v) is 27.8. The normalized spacial score (nSPS) is 15.7. The molecule has 3 amide bonds. The molecule has 1 saturated heterocycles. The molecule has 0 radical (unpaired) electrons. The lowest BCUT2D eigenvalue weighted by atomic mass is 10.0. The van der Waals surface area contributed by atoms with Gasteiger partial charge in [0.1, 0.15) is 5.75 Å². The standard InChI is InChI=1S/C34H35Cl2N7O4/c1-19(44)43-14-12-27-26(18-43)40-33(42(27)2)34(46)41-25-6-4-5-23(30(25)35)24-11-13-38-32(31(24)36)20-7-8-21(28(15-20)47-3)16-37-17-22-9-10-29(45)39-22/h4-8,11,13,15,22,37H,9-10,12,14,16-18H2,1-3H3,(H,39,45)(H,41,46)/t22-/m0/s1. The Labute approximate surface area is 282 Å². The molecule has 0 spiro atoms. The second kappa shape index (κ2) is 13.7.